The lowest BCUT2D eigenvalue weighted by Gasteiger charge is -2.36. The van der Waals surface area contributed by atoms with Crippen LogP contribution in [0.4, 0.5) is 0 Å². The molecule has 1 heterocycles. The molecule has 5 nitrogen and oxygen atoms in total. The predicted octanol–water partition coefficient (Wildman–Crippen LogP) is 3.05. The van der Waals surface area contributed by atoms with E-state index in [0.29, 0.717) is 12.2 Å². The molecule has 1 N–H and O–H groups in total. The van der Waals surface area contributed by atoms with E-state index in [2.05, 4.69) is 51.9 Å². The number of tetrazole rings is 1. The molecule has 1 aromatic heterocycles. The van der Waals surface area contributed by atoms with E-state index in [1.807, 2.05) is 59.3 Å². The Hall–Kier alpha value is -3.31. The van der Waals surface area contributed by atoms with Crippen molar-refractivity contribution >= 4 is 0 Å². The molecule has 0 unspecified atom stereocenters. The Kier molecular flexibility index (Phi) is 4.77. The molecule has 0 aliphatic heterocycles. The Balaban J connectivity index is 2.12. The van der Waals surface area contributed by atoms with E-state index in [1.165, 1.54) is 0 Å². The fourth-order valence-corrected chi connectivity index (χ4v) is 3.63. The summed E-state index contributed by atoms with van der Waals surface area (Å²) in [6, 6.07) is 30.6. The van der Waals surface area contributed by atoms with Gasteiger partial charge in [-0.25, -0.2) is 4.68 Å². The van der Waals surface area contributed by atoms with Crippen LogP contribution in [0.2, 0.25) is 0 Å². The number of aliphatic hydroxyl groups excluding tert-OH is 1. The van der Waals surface area contributed by atoms with Crippen LogP contribution in [0.15, 0.2) is 91.0 Å². The first kappa shape index (κ1) is 17.1. The van der Waals surface area contributed by atoms with Crippen molar-refractivity contribution in [2.24, 2.45) is 0 Å². The van der Waals surface area contributed by atoms with E-state index >= 15 is 0 Å². The number of hydrogen-bond acceptors (Lipinski definition) is 4. The van der Waals surface area contributed by atoms with Crippen LogP contribution in [0.3, 0.4) is 0 Å². The Morgan fingerprint density at radius 3 is 1.56 bits per heavy atom. The van der Waals surface area contributed by atoms with Crippen LogP contribution >= 0.6 is 0 Å². The highest BCUT2D eigenvalue weighted by atomic mass is 16.3. The number of aromatic nitrogens is 4. The van der Waals surface area contributed by atoms with Crippen LogP contribution in [-0.2, 0) is 12.0 Å². The molecule has 0 spiro atoms. The second kappa shape index (κ2) is 7.51. The minimum absolute atomic E-state index is 0.0190. The van der Waals surface area contributed by atoms with Crippen molar-refractivity contribution in [1.82, 2.24) is 20.2 Å². The van der Waals surface area contributed by atoms with Gasteiger partial charge >= 0.3 is 0 Å². The van der Waals surface area contributed by atoms with Gasteiger partial charge in [-0.2, -0.15) is 0 Å². The number of nitrogens with zero attached hydrogens (tertiary/aromatic N) is 4. The standard InChI is InChI=1S/C22H20N4O/c27-17-16-21-23-24-25-26(21)22(18-10-4-1-5-11-18,19-12-6-2-7-13-19)20-14-8-3-9-15-20/h1-15,27H,16-17H2. The Morgan fingerprint density at radius 1 is 0.704 bits per heavy atom. The van der Waals surface area contributed by atoms with Crippen molar-refractivity contribution < 1.29 is 5.11 Å². The van der Waals surface area contributed by atoms with Crippen molar-refractivity contribution in [3.8, 4) is 0 Å². The molecule has 0 saturated carbocycles. The fraction of sp³-hybridized carbons (Fsp3) is 0.136. The SMILES string of the molecule is OCCc1nnnn1C(c1ccccc1)(c1ccccc1)c1ccccc1. The summed E-state index contributed by atoms with van der Waals surface area (Å²) in [6.07, 6.45) is 0.376. The first-order chi connectivity index (χ1) is 13.4. The summed E-state index contributed by atoms with van der Waals surface area (Å²) in [5, 5.41) is 22.0. The van der Waals surface area contributed by atoms with Gasteiger partial charge in [-0.1, -0.05) is 91.0 Å². The summed E-state index contributed by atoms with van der Waals surface area (Å²) in [5.41, 5.74) is 2.41. The summed E-state index contributed by atoms with van der Waals surface area (Å²) in [4.78, 5) is 0. The average molecular weight is 356 g/mol. The third-order valence-corrected chi connectivity index (χ3v) is 4.76. The molecule has 0 aliphatic carbocycles. The predicted molar refractivity (Wildman–Crippen MR) is 103 cm³/mol. The van der Waals surface area contributed by atoms with E-state index < -0.39 is 5.54 Å². The second-order valence-corrected chi connectivity index (χ2v) is 6.29. The maximum Gasteiger partial charge on any atom is 0.155 e. The molecule has 0 aliphatic rings. The molecule has 3 aromatic carbocycles. The molecule has 0 atom stereocenters. The molecular weight excluding hydrogens is 336 g/mol. The minimum Gasteiger partial charge on any atom is -0.396 e. The summed E-state index contributed by atoms with van der Waals surface area (Å²) < 4.78 is 1.84. The molecule has 0 amide bonds. The molecule has 0 radical (unpaired) electrons. The first-order valence-corrected chi connectivity index (χ1v) is 8.92. The Bertz CT molecular complexity index is 888. The van der Waals surface area contributed by atoms with Gasteiger partial charge in [0.05, 0.1) is 6.61 Å². The molecular formula is C22H20N4O. The lowest BCUT2D eigenvalue weighted by molar-refractivity contribution is 0.290. The van der Waals surface area contributed by atoms with Crippen molar-refractivity contribution in [3.05, 3.63) is 114 Å². The van der Waals surface area contributed by atoms with Crippen LogP contribution < -0.4 is 0 Å². The van der Waals surface area contributed by atoms with Gasteiger partial charge in [0.1, 0.15) is 5.54 Å². The van der Waals surface area contributed by atoms with Gasteiger partial charge in [-0.15, -0.1) is 5.10 Å². The summed E-state index contributed by atoms with van der Waals surface area (Å²) >= 11 is 0. The third-order valence-electron chi connectivity index (χ3n) is 4.76. The van der Waals surface area contributed by atoms with Gasteiger partial charge < -0.3 is 5.11 Å². The zero-order valence-corrected chi connectivity index (χ0v) is 14.8. The van der Waals surface area contributed by atoms with Crippen molar-refractivity contribution in [3.63, 3.8) is 0 Å². The van der Waals surface area contributed by atoms with Crippen molar-refractivity contribution in [2.75, 3.05) is 6.61 Å². The first-order valence-electron chi connectivity index (χ1n) is 8.92. The van der Waals surface area contributed by atoms with Gasteiger partial charge in [0.15, 0.2) is 5.82 Å². The number of benzene rings is 3. The molecule has 27 heavy (non-hydrogen) atoms. The van der Waals surface area contributed by atoms with Crippen LogP contribution in [0.5, 0.6) is 0 Å². The van der Waals surface area contributed by atoms with Crippen LogP contribution in [0.1, 0.15) is 22.5 Å². The molecule has 4 aromatic rings. The summed E-state index contributed by atoms with van der Waals surface area (Å²) in [6.45, 7) is -0.0190. The van der Waals surface area contributed by atoms with E-state index in [-0.39, 0.29) is 6.61 Å². The second-order valence-electron chi connectivity index (χ2n) is 6.29. The quantitative estimate of drug-likeness (QED) is 0.539. The molecule has 5 heteroatoms. The van der Waals surface area contributed by atoms with Gasteiger partial charge in [-0.3, -0.25) is 0 Å². The summed E-state index contributed by atoms with van der Waals surface area (Å²) in [5.74, 6) is 0.633. The highest BCUT2D eigenvalue weighted by molar-refractivity contribution is 5.50. The maximum atomic E-state index is 9.53. The zero-order chi connectivity index (χ0) is 18.5. The van der Waals surface area contributed by atoms with Gasteiger partial charge in [-0.05, 0) is 27.1 Å². The minimum atomic E-state index is -0.738. The highest BCUT2D eigenvalue weighted by Gasteiger charge is 2.41. The van der Waals surface area contributed by atoms with Gasteiger partial charge in [0.2, 0.25) is 0 Å². The molecule has 0 saturated heterocycles. The lowest BCUT2D eigenvalue weighted by atomic mass is 9.77. The van der Waals surface area contributed by atoms with E-state index in [0.717, 1.165) is 16.7 Å². The van der Waals surface area contributed by atoms with Gasteiger partial charge in [0, 0.05) is 6.42 Å². The maximum absolute atomic E-state index is 9.53. The topological polar surface area (TPSA) is 63.8 Å². The molecule has 0 fully saturated rings. The summed E-state index contributed by atoms with van der Waals surface area (Å²) in [7, 11) is 0. The van der Waals surface area contributed by atoms with Crippen molar-refractivity contribution in [2.45, 2.75) is 12.0 Å². The molecule has 4 rings (SSSR count). The highest BCUT2D eigenvalue weighted by Crippen LogP contribution is 2.40. The monoisotopic (exact) mass is 356 g/mol. The van der Waals surface area contributed by atoms with E-state index in [9.17, 15) is 5.11 Å². The largest absolute Gasteiger partial charge is 0.396 e. The van der Waals surface area contributed by atoms with E-state index in [4.69, 9.17) is 0 Å². The Labute approximate surface area is 157 Å². The lowest BCUT2D eigenvalue weighted by Crippen LogP contribution is -2.40. The normalized spacial score (nSPS) is 11.4. The average Bonchev–Trinajstić information content (AvgIpc) is 3.20. The Morgan fingerprint density at radius 2 is 1.15 bits per heavy atom. The van der Waals surface area contributed by atoms with Crippen LogP contribution in [-0.4, -0.2) is 31.9 Å². The number of aliphatic hydroxyl groups is 1. The zero-order valence-electron chi connectivity index (χ0n) is 14.8. The number of rotatable bonds is 6. The van der Waals surface area contributed by atoms with Crippen molar-refractivity contribution in [1.29, 1.82) is 0 Å². The third kappa shape index (κ3) is 2.92. The smallest absolute Gasteiger partial charge is 0.155 e. The molecule has 0 bridgehead atoms. The fourth-order valence-electron chi connectivity index (χ4n) is 3.63. The van der Waals surface area contributed by atoms with Gasteiger partial charge in [0.25, 0.3) is 0 Å². The number of hydrogen-bond donors (Lipinski definition) is 1. The van der Waals surface area contributed by atoms with E-state index in [1.54, 1.807) is 0 Å². The van der Waals surface area contributed by atoms with Crippen LogP contribution in [0, 0.1) is 0 Å². The van der Waals surface area contributed by atoms with Crippen LogP contribution in [0.25, 0.3) is 0 Å². The molecule has 134 valence electrons.